The van der Waals surface area contributed by atoms with Crippen molar-refractivity contribution in [3.63, 3.8) is 0 Å². The molecule has 0 unspecified atom stereocenters. The van der Waals surface area contributed by atoms with Gasteiger partial charge in [-0.2, -0.15) is 5.84 Å². The van der Waals surface area contributed by atoms with E-state index in [0.717, 1.165) is 12.8 Å². The van der Waals surface area contributed by atoms with Crippen molar-refractivity contribution in [1.29, 1.82) is 0 Å². The van der Waals surface area contributed by atoms with Gasteiger partial charge in [-0.3, -0.25) is 4.76 Å². The van der Waals surface area contributed by atoms with E-state index in [9.17, 15) is 5.21 Å². The molecule has 0 spiro atoms. The van der Waals surface area contributed by atoms with Gasteiger partial charge in [0, 0.05) is 12.8 Å². The number of nitrogens with zero attached hydrogens (tertiary/aromatic N) is 1. The number of nitrogens with two attached hydrogens (primary N) is 1. The molecule has 1 aliphatic rings. The van der Waals surface area contributed by atoms with Crippen molar-refractivity contribution in [1.82, 2.24) is 0 Å². The molecule has 0 radical (unpaired) electrons. The van der Waals surface area contributed by atoms with E-state index < -0.39 is 4.76 Å². The lowest BCUT2D eigenvalue weighted by molar-refractivity contribution is -0.880. The van der Waals surface area contributed by atoms with Crippen LogP contribution in [-0.2, 0) is 0 Å². The van der Waals surface area contributed by atoms with Gasteiger partial charge in [0.25, 0.3) is 0 Å². The molecule has 42 valence electrons. The van der Waals surface area contributed by atoms with Crippen molar-refractivity contribution in [2.75, 3.05) is 13.1 Å². The molecule has 1 fully saturated rings. The van der Waals surface area contributed by atoms with Crippen LogP contribution in [0.15, 0.2) is 0 Å². The second kappa shape index (κ2) is 1.43. The third-order valence-electron chi connectivity index (χ3n) is 1.32. The van der Waals surface area contributed by atoms with Crippen LogP contribution in [-0.4, -0.2) is 17.8 Å². The molecule has 0 aromatic heterocycles. The first-order valence-corrected chi connectivity index (χ1v) is 2.57. The molecule has 0 aromatic carbocycles. The van der Waals surface area contributed by atoms with E-state index in [0.29, 0.717) is 13.1 Å². The van der Waals surface area contributed by atoms with Gasteiger partial charge < -0.3 is 5.21 Å². The smallest absolute Gasteiger partial charge is 0.0960 e. The van der Waals surface area contributed by atoms with E-state index in [4.69, 9.17) is 5.84 Å². The predicted octanol–water partition coefficient (Wildman–Crippen LogP) is -0.0315. The van der Waals surface area contributed by atoms with Crippen molar-refractivity contribution < 1.29 is 4.76 Å². The van der Waals surface area contributed by atoms with E-state index in [1.54, 1.807) is 0 Å². The quantitative estimate of drug-likeness (QED) is 0.265. The summed E-state index contributed by atoms with van der Waals surface area (Å²) < 4.78 is -0.500. The lowest BCUT2D eigenvalue weighted by Crippen LogP contribution is -2.45. The molecule has 3 nitrogen and oxygen atoms in total. The van der Waals surface area contributed by atoms with E-state index >= 15 is 0 Å². The summed E-state index contributed by atoms with van der Waals surface area (Å²) in [4.78, 5) is 0. The van der Waals surface area contributed by atoms with Gasteiger partial charge in [-0.1, -0.05) is 0 Å². The second-order valence-electron chi connectivity index (χ2n) is 2.11. The minimum atomic E-state index is -0.500. The third-order valence-corrected chi connectivity index (χ3v) is 1.32. The highest BCUT2D eigenvalue weighted by Crippen LogP contribution is 2.09. The van der Waals surface area contributed by atoms with Crippen molar-refractivity contribution in [2.45, 2.75) is 12.8 Å². The molecule has 1 aliphatic heterocycles. The van der Waals surface area contributed by atoms with E-state index in [1.807, 2.05) is 0 Å². The number of hydrogen-bond acceptors (Lipinski definition) is 2. The summed E-state index contributed by atoms with van der Waals surface area (Å²) in [5, 5.41) is 10.6. The van der Waals surface area contributed by atoms with Gasteiger partial charge in [0.15, 0.2) is 0 Å². The lowest BCUT2D eigenvalue weighted by atomic mass is 10.4. The Morgan fingerprint density at radius 3 is 1.86 bits per heavy atom. The van der Waals surface area contributed by atoms with Crippen molar-refractivity contribution in [3.05, 3.63) is 5.21 Å². The number of quaternary nitrogens is 1. The minimum Gasteiger partial charge on any atom is -0.612 e. The number of hydrogen-bond donors (Lipinski definition) is 1. The van der Waals surface area contributed by atoms with Crippen LogP contribution in [0.25, 0.3) is 0 Å². The first-order valence-electron chi connectivity index (χ1n) is 2.57. The summed E-state index contributed by atoms with van der Waals surface area (Å²) >= 11 is 0. The molecule has 1 heterocycles. The molecular formula is C4H10N2O. The fraction of sp³-hybridized carbons (Fsp3) is 1.00. The van der Waals surface area contributed by atoms with Crippen LogP contribution in [0, 0.1) is 5.21 Å². The average Bonchev–Trinajstić information content (AvgIpc) is 1.84. The molecule has 3 heteroatoms. The number of hydroxylamine groups is 2. The number of rotatable bonds is 0. The van der Waals surface area contributed by atoms with E-state index in [1.165, 1.54) is 0 Å². The maximum Gasteiger partial charge on any atom is 0.0960 e. The van der Waals surface area contributed by atoms with Gasteiger partial charge in [0.2, 0.25) is 0 Å². The standard InChI is InChI=1S/C4H10N2O/c5-6(7)3-1-2-4-6/h1-5H2. The monoisotopic (exact) mass is 102 g/mol. The Morgan fingerprint density at radius 2 is 1.71 bits per heavy atom. The van der Waals surface area contributed by atoms with Crippen molar-refractivity contribution in [3.8, 4) is 0 Å². The molecule has 0 aromatic rings. The highest BCUT2D eigenvalue weighted by atomic mass is 16.6. The molecule has 0 atom stereocenters. The van der Waals surface area contributed by atoms with Crippen molar-refractivity contribution >= 4 is 0 Å². The highest BCUT2D eigenvalue weighted by molar-refractivity contribution is 4.48. The van der Waals surface area contributed by atoms with E-state index in [2.05, 4.69) is 0 Å². The van der Waals surface area contributed by atoms with Crippen LogP contribution in [0.5, 0.6) is 0 Å². The Morgan fingerprint density at radius 1 is 1.29 bits per heavy atom. The van der Waals surface area contributed by atoms with Crippen LogP contribution < -0.4 is 5.84 Å². The topological polar surface area (TPSA) is 49.1 Å². The summed E-state index contributed by atoms with van der Waals surface area (Å²) in [6.45, 7) is 1.22. The molecule has 7 heavy (non-hydrogen) atoms. The van der Waals surface area contributed by atoms with Gasteiger partial charge in [0.05, 0.1) is 13.1 Å². The molecule has 0 amide bonds. The largest absolute Gasteiger partial charge is 0.612 e. The molecule has 2 N–H and O–H groups in total. The maximum absolute atomic E-state index is 10.6. The van der Waals surface area contributed by atoms with Gasteiger partial charge >= 0.3 is 0 Å². The molecule has 1 rings (SSSR count). The Kier molecular flexibility index (Phi) is 1.03. The molecule has 0 bridgehead atoms. The summed E-state index contributed by atoms with van der Waals surface area (Å²) in [7, 11) is 0. The normalized spacial score (nSPS) is 28.3. The summed E-state index contributed by atoms with van der Waals surface area (Å²) in [6, 6.07) is 0. The van der Waals surface area contributed by atoms with Crippen molar-refractivity contribution in [2.24, 2.45) is 5.84 Å². The lowest BCUT2D eigenvalue weighted by Gasteiger charge is -2.30. The molecule has 0 saturated carbocycles. The van der Waals surface area contributed by atoms with Crippen LogP contribution in [0.4, 0.5) is 0 Å². The molecule has 0 aliphatic carbocycles. The van der Waals surface area contributed by atoms with Gasteiger partial charge in [-0.15, -0.1) is 0 Å². The third kappa shape index (κ3) is 1.12. The van der Waals surface area contributed by atoms with Crippen LogP contribution in [0.1, 0.15) is 12.8 Å². The zero-order valence-corrected chi connectivity index (χ0v) is 4.26. The zero-order valence-electron chi connectivity index (χ0n) is 4.26. The minimum absolute atomic E-state index is 0.500. The van der Waals surface area contributed by atoms with E-state index in [-0.39, 0.29) is 0 Å². The Balaban J connectivity index is 2.40. The Bertz CT molecular complexity index is 64.1. The first-order chi connectivity index (χ1) is 3.21. The SMILES string of the molecule is N[N+]1([O-])CCCC1. The van der Waals surface area contributed by atoms with Crippen LogP contribution in [0.3, 0.4) is 0 Å². The highest BCUT2D eigenvalue weighted by Gasteiger charge is 2.17. The summed E-state index contributed by atoms with van der Waals surface area (Å²) in [5.74, 6) is 5.16. The van der Waals surface area contributed by atoms with Crippen LogP contribution >= 0.6 is 0 Å². The fourth-order valence-electron chi connectivity index (χ4n) is 0.871. The molecule has 1 saturated heterocycles. The Hall–Kier alpha value is -0.120. The van der Waals surface area contributed by atoms with Gasteiger partial charge in [-0.05, 0) is 0 Å². The predicted molar refractivity (Wildman–Crippen MR) is 26.8 cm³/mol. The fourth-order valence-corrected chi connectivity index (χ4v) is 0.871. The second-order valence-corrected chi connectivity index (χ2v) is 2.11. The van der Waals surface area contributed by atoms with Crippen LogP contribution in [0.2, 0.25) is 0 Å². The zero-order chi connectivity index (χ0) is 5.33. The summed E-state index contributed by atoms with van der Waals surface area (Å²) in [5.41, 5.74) is 0. The Labute approximate surface area is 42.9 Å². The summed E-state index contributed by atoms with van der Waals surface area (Å²) in [6.07, 6.45) is 2.00. The molecular weight excluding hydrogens is 92.1 g/mol. The van der Waals surface area contributed by atoms with Gasteiger partial charge in [0.1, 0.15) is 0 Å². The average molecular weight is 102 g/mol. The maximum atomic E-state index is 10.6. The first kappa shape index (κ1) is 5.03. The van der Waals surface area contributed by atoms with Gasteiger partial charge in [-0.25, -0.2) is 0 Å².